The molecule has 0 aromatic heterocycles. The second kappa shape index (κ2) is 9.38. The third-order valence-electron chi connectivity index (χ3n) is 5.01. The molecule has 2 aromatic rings. The summed E-state index contributed by atoms with van der Waals surface area (Å²) in [6, 6.07) is 15.9. The zero-order valence-electron chi connectivity index (χ0n) is 15.4. The van der Waals surface area contributed by atoms with E-state index in [1.807, 2.05) is 48.5 Å². The van der Waals surface area contributed by atoms with E-state index in [1.54, 1.807) is 0 Å². The van der Waals surface area contributed by atoms with Crippen LogP contribution in [0, 0.1) is 5.92 Å². The monoisotopic (exact) mass is 366 g/mol. The lowest BCUT2D eigenvalue weighted by Gasteiger charge is -2.25. The number of rotatable bonds is 8. The minimum absolute atomic E-state index is 0.304. The number of hydrogen-bond donors (Lipinski definition) is 2. The zero-order chi connectivity index (χ0) is 19.1. The highest BCUT2D eigenvalue weighted by Gasteiger charge is 2.21. The molecule has 1 aliphatic carbocycles. The lowest BCUT2D eigenvalue weighted by atomic mass is 9.82. The molecule has 0 spiro atoms. The Hall–Kier alpha value is -2.59. The first-order valence-corrected chi connectivity index (χ1v) is 9.46. The van der Waals surface area contributed by atoms with E-state index in [-0.39, 0.29) is 6.61 Å². The van der Waals surface area contributed by atoms with Gasteiger partial charge >= 0.3 is 5.97 Å². The zero-order valence-corrected chi connectivity index (χ0v) is 15.4. The minimum atomic E-state index is -0.958. The highest BCUT2D eigenvalue weighted by molar-refractivity contribution is 5.68. The predicted octanol–water partition coefficient (Wildman–Crippen LogP) is 3.80. The number of carboxylic acid groups (broad SMARTS) is 1. The summed E-state index contributed by atoms with van der Waals surface area (Å²) in [6.07, 6.45) is 8.00. The predicted molar refractivity (Wildman–Crippen MR) is 105 cm³/mol. The van der Waals surface area contributed by atoms with Gasteiger partial charge in [0.15, 0.2) is 6.61 Å². The van der Waals surface area contributed by atoms with Crippen molar-refractivity contribution < 1.29 is 19.7 Å². The molecule has 2 unspecified atom stereocenters. The van der Waals surface area contributed by atoms with Crippen LogP contribution >= 0.6 is 0 Å². The van der Waals surface area contributed by atoms with Gasteiger partial charge in [-0.05, 0) is 54.4 Å². The van der Waals surface area contributed by atoms with Gasteiger partial charge in [-0.25, -0.2) is 4.79 Å². The maximum atomic E-state index is 10.7. The van der Waals surface area contributed by atoms with E-state index in [2.05, 4.69) is 12.1 Å². The van der Waals surface area contributed by atoms with Crippen LogP contribution in [0.2, 0.25) is 0 Å². The average Bonchev–Trinajstić information content (AvgIpc) is 2.67. The SMILES string of the molecule is O=C(O)COc1cccc2c1CCC(C/C=C/C(O)Cc1ccccc1)C2. The lowest BCUT2D eigenvalue weighted by Crippen LogP contribution is -2.17. The fourth-order valence-corrected chi connectivity index (χ4v) is 3.68. The van der Waals surface area contributed by atoms with Gasteiger partial charge in [0.05, 0.1) is 6.10 Å². The Morgan fingerprint density at radius 3 is 2.78 bits per heavy atom. The lowest BCUT2D eigenvalue weighted by molar-refractivity contribution is -0.139. The Morgan fingerprint density at radius 2 is 2.00 bits per heavy atom. The molecule has 1 aliphatic rings. The van der Waals surface area contributed by atoms with Crippen LogP contribution in [0.1, 0.15) is 29.5 Å². The van der Waals surface area contributed by atoms with E-state index in [4.69, 9.17) is 9.84 Å². The molecule has 0 bridgehead atoms. The first-order chi connectivity index (χ1) is 13.1. The van der Waals surface area contributed by atoms with Crippen molar-refractivity contribution in [2.75, 3.05) is 6.61 Å². The topological polar surface area (TPSA) is 66.8 Å². The van der Waals surface area contributed by atoms with Crippen molar-refractivity contribution in [1.82, 2.24) is 0 Å². The number of carbonyl (C=O) groups is 1. The summed E-state index contributed by atoms with van der Waals surface area (Å²) < 4.78 is 5.42. The standard InChI is InChI=1S/C23H26O4/c24-20(15-17-6-2-1-3-7-17)10-4-8-18-12-13-21-19(14-18)9-5-11-22(21)27-16-23(25)26/h1-7,9-11,18,20,24H,8,12-16H2,(H,25,26)/b10-4+. The summed E-state index contributed by atoms with van der Waals surface area (Å²) >= 11 is 0. The highest BCUT2D eigenvalue weighted by atomic mass is 16.5. The van der Waals surface area contributed by atoms with E-state index in [9.17, 15) is 9.90 Å². The smallest absolute Gasteiger partial charge is 0.341 e. The van der Waals surface area contributed by atoms with Crippen LogP contribution in [0.5, 0.6) is 5.75 Å². The first kappa shape index (κ1) is 19.2. The molecule has 2 atom stereocenters. The van der Waals surface area contributed by atoms with E-state index < -0.39 is 12.1 Å². The molecule has 4 nitrogen and oxygen atoms in total. The fourth-order valence-electron chi connectivity index (χ4n) is 3.68. The number of carboxylic acids is 1. The molecule has 4 heteroatoms. The molecule has 0 amide bonds. The average molecular weight is 366 g/mol. The molecule has 2 N–H and O–H groups in total. The fraction of sp³-hybridized carbons (Fsp3) is 0.348. The number of hydrogen-bond acceptors (Lipinski definition) is 3. The number of benzene rings is 2. The number of aliphatic carboxylic acids is 1. The highest BCUT2D eigenvalue weighted by Crippen LogP contribution is 2.33. The van der Waals surface area contributed by atoms with E-state index in [0.29, 0.717) is 18.1 Å². The Morgan fingerprint density at radius 1 is 1.19 bits per heavy atom. The Bertz CT molecular complexity index is 782. The number of aliphatic hydroxyl groups excluding tert-OH is 1. The Labute approximate surface area is 160 Å². The molecule has 0 heterocycles. The molecule has 0 fully saturated rings. The molecular weight excluding hydrogens is 340 g/mol. The van der Waals surface area contributed by atoms with Gasteiger partial charge in [-0.3, -0.25) is 0 Å². The summed E-state index contributed by atoms with van der Waals surface area (Å²) in [7, 11) is 0. The van der Waals surface area contributed by atoms with Gasteiger partial charge in [-0.15, -0.1) is 0 Å². The van der Waals surface area contributed by atoms with Crippen molar-refractivity contribution in [3.8, 4) is 5.75 Å². The quantitative estimate of drug-likeness (QED) is 0.697. The number of allylic oxidation sites excluding steroid dienone is 1. The second-order valence-electron chi connectivity index (χ2n) is 7.11. The molecule has 2 aromatic carbocycles. The molecule has 0 radical (unpaired) electrons. The summed E-state index contributed by atoms with van der Waals surface area (Å²) in [6.45, 7) is -0.304. The van der Waals surface area contributed by atoms with Gasteiger partial charge in [0.25, 0.3) is 0 Å². The largest absolute Gasteiger partial charge is 0.482 e. The molecule has 0 aliphatic heterocycles. The molecule has 142 valence electrons. The van der Waals surface area contributed by atoms with Gasteiger partial charge in [0.1, 0.15) is 5.75 Å². The second-order valence-corrected chi connectivity index (χ2v) is 7.11. The maximum Gasteiger partial charge on any atom is 0.341 e. The van der Waals surface area contributed by atoms with Crippen LogP contribution in [0.15, 0.2) is 60.7 Å². The van der Waals surface area contributed by atoms with E-state index in [0.717, 1.165) is 36.8 Å². The van der Waals surface area contributed by atoms with Gasteiger partial charge in [-0.2, -0.15) is 0 Å². The van der Waals surface area contributed by atoms with Crippen LogP contribution in [0.25, 0.3) is 0 Å². The summed E-state index contributed by atoms with van der Waals surface area (Å²) in [5.41, 5.74) is 3.52. The Balaban J connectivity index is 1.52. The number of aliphatic hydroxyl groups is 1. The molecule has 3 rings (SSSR count). The first-order valence-electron chi connectivity index (χ1n) is 9.46. The van der Waals surface area contributed by atoms with Crippen LogP contribution in [0.3, 0.4) is 0 Å². The van der Waals surface area contributed by atoms with Crippen LogP contribution < -0.4 is 4.74 Å². The molecule has 27 heavy (non-hydrogen) atoms. The van der Waals surface area contributed by atoms with E-state index in [1.165, 1.54) is 5.56 Å². The van der Waals surface area contributed by atoms with Crippen LogP contribution in [-0.4, -0.2) is 28.9 Å². The Kier molecular flexibility index (Phi) is 6.66. The van der Waals surface area contributed by atoms with Crippen LogP contribution in [-0.2, 0) is 24.1 Å². The normalized spacial score (nSPS) is 17.4. The molecule has 0 saturated carbocycles. The van der Waals surface area contributed by atoms with Crippen molar-refractivity contribution in [2.45, 2.75) is 38.2 Å². The number of ether oxygens (including phenoxy) is 1. The summed E-state index contributed by atoms with van der Waals surface area (Å²) in [5, 5.41) is 19.0. The maximum absolute atomic E-state index is 10.7. The minimum Gasteiger partial charge on any atom is -0.482 e. The van der Waals surface area contributed by atoms with Crippen molar-refractivity contribution in [1.29, 1.82) is 0 Å². The number of fused-ring (bicyclic) bond motifs is 1. The van der Waals surface area contributed by atoms with Gasteiger partial charge in [-0.1, -0.05) is 54.6 Å². The van der Waals surface area contributed by atoms with Crippen molar-refractivity contribution in [2.24, 2.45) is 5.92 Å². The third kappa shape index (κ3) is 5.69. The molecular formula is C23H26O4. The van der Waals surface area contributed by atoms with Crippen LogP contribution in [0.4, 0.5) is 0 Å². The third-order valence-corrected chi connectivity index (χ3v) is 5.01. The van der Waals surface area contributed by atoms with Gasteiger partial charge in [0.2, 0.25) is 0 Å². The van der Waals surface area contributed by atoms with Crippen molar-refractivity contribution >= 4 is 5.97 Å². The van der Waals surface area contributed by atoms with Gasteiger partial charge in [0, 0.05) is 6.42 Å². The summed E-state index contributed by atoms with van der Waals surface area (Å²) in [5.74, 6) is 0.273. The van der Waals surface area contributed by atoms with E-state index >= 15 is 0 Å². The van der Waals surface area contributed by atoms with Gasteiger partial charge < -0.3 is 14.9 Å². The summed E-state index contributed by atoms with van der Waals surface area (Å²) in [4.78, 5) is 10.7. The van der Waals surface area contributed by atoms with Crippen molar-refractivity contribution in [3.63, 3.8) is 0 Å². The van der Waals surface area contributed by atoms with Crippen molar-refractivity contribution in [3.05, 3.63) is 77.4 Å². The molecule has 0 saturated heterocycles.